The quantitative estimate of drug-likeness (QED) is 0.604. The number of hydrogen-bond donors (Lipinski definition) is 3. The number of carboxylic acid groups (broad SMARTS) is 1. The lowest BCUT2D eigenvalue weighted by Crippen LogP contribution is -2.26. The Morgan fingerprint density at radius 3 is 2.75 bits per heavy atom. The molecular formula is C14H20N2O3S. The predicted octanol–water partition coefficient (Wildman–Crippen LogP) is 1.52. The number of amides is 1. The van der Waals surface area contributed by atoms with Crippen LogP contribution in [0, 0.1) is 0 Å². The lowest BCUT2D eigenvalue weighted by molar-refractivity contribution is -0.136. The third-order valence-electron chi connectivity index (χ3n) is 3.04. The molecule has 0 unspecified atom stereocenters. The fraction of sp³-hybridized carbons (Fsp3) is 0.571. The molecule has 6 heteroatoms. The molecule has 1 amide bonds. The lowest BCUT2D eigenvalue weighted by atomic mass is 10.3. The number of carboxylic acids is 1. The van der Waals surface area contributed by atoms with Crippen LogP contribution in [0.15, 0.2) is 12.1 Å². The Labute approximate surface area is 122 Å². The Morgan fingerprint density at radius 2 is 2.05 bits per heavy atom. The highest BCUT2D eigenvalue weighted by molar-refractivity contribution is 7.12. The van der Waals surface area contributed by atoms with E-state index in [1.807, 2.05) is 12.1 Å². The van der Waals surface area contributed by atoms with E-state index in [0.29, 0.717) is 12.5 Å². The highest BCUT2D eigenvalue weighted by Crippen LogP contribution is 2.19. The molecule has 0 radical (unpaired) electrons. The largest absolute Gasteiger partial charge is 0.481 e. The second kappa shape index (κ2) is 7.40. The van der Waals surface area contributed by atoms with E-state index >= 15 is 0 Å². The number of carbonyl (C=O) groups is 2. The van der Waals surface area contributed by atoms with Gasteiger partial charge in [0.05, 0.1) is 6.42 Å². The molecule has 0 spiro atoms. The first-order chi connectivity index (χ1) is 9.63. The topological polar surface area (TPSA) is 78.4 Å². The molecule has 0 bridgehead atoms. The van der Waals surface area contributed by atoms with Crippen molar-refractivity contribution < 1.29 is 14.7 Å². The van der Waals surface area contributed by atoms with Crippen LogP contribution in [0.25, 0.3) is 0 Å². The van der Waals surface area contributed by atoms with Gasteiger partial charge in [0.15, 0.2) is 0 Å². The second-order valence-corrected chi connectivity index (χ2v) is 6.31. The Bertz CT molecular complexity index is 469. The highest BCUT2D eigenvalue weighted by Gasteiger charge is 2.22. The minimum atomic E-state index is -0.798. The molecule has 1 aromatic heterocycles. The Hall–Kier alpha value is -1.40. The molecule has 1 heterocycles. The molecular weight excluding hydrogens is 276 g/mol. The third kappa shape index (κ3) is 5.71. The van der Waals surface area contributed by atoms with E-state index in [2.05, 4.69) is 10.6 Å². The molecule has 0 saturated heterocycles. The van der Waals surface area contributed by atoms with Gasteiger partial charge in [-0.15, -0.1) is 11.3 Å². The fourth-order valence-electron chi connectivity index (χ4n) is 1.87. The van der Waals surface area contributed by atoms with E-state index in [1.165, 1.54) is 11.3 Å². The minimum Gasteiger partial charge on any atom is -0.481 e. The summed E-state index contributed by atoms with van der Waals surface area (Å²) in [7, 11) is 0. The van der Waals surface area contributed by atoms with Gasteiger partial charge >= 0.3 is 5.97 Å². The van der Waals surface area contributed by atoms with Gasteiger partial charge in [0.2, 0.25) is 5.91 Å². The smallest absolute Gasteiger partial charge is 0.308 e. The van der Waals surface area contributed by atoms with Crippen LogP contribution < -0.4 is 10.6 Å². The molecule has 1 aliphatic rings. The average Bonchev–Trinajstić information content (AvgIpc) is 3.07. The zero-order chi connectivity index (χ0) is 14.4. The van der Waals surface area contributed by atoms with E-state index in [-0.39, 0.29) is 12.3 Å². The fourth-order valence-corrected chi connectivity index (χ4v) is 2.85. The first-order valence-corrected chi connectivity index (χ1v) is 7.74. The summed E-state index contributed by atoms with van der Waals surface area (Å²) in [5.74, 6) is -0.651. The van der Waals surface area contributed by atoms with Gasteiger partial charge in [-0.2, -0.15) is 0 Å². The van der Waals surface area contributed by atoms with Crippen molar-refractivity contribution in [1.82, 2.24) is 10.6 Å². The molecule has 110 valence electrons. The van der Waals surface area contributed by atoms with Crippen LogP contribution in [-0.2, 0) is 22.6 Å². The van der Waals surface area contributed by atoms with E-state index in [4.69, 9.17) is 5.11 Å². The molecule has 1 saturated carbocycles. The molecule has 2 rings (SSSR count). The van der Waals surface area contributed by atoms with Crippen LogP contribution in [0.3, 0.4) is 0 Å². The standard InChI is InChI=1S/C14H20N2O3S/c17-13(16-10-3-4-10)2-1-7-15-9-12-6-5-11(20-12)8-14(18)19/h5-6,10,15H,1-4,7-9H2,(H,16,17)(H,18,19). The van der Waals surface area contributed by atoms with Crippen molar-refractivity contribution in [1.29, 1.82) is 0 Å². The average molecular weight is 296 g/mol. The van der Waals surface area contributed by atoms with E-state index in [9.17, 15) is 9.59 Å². The van der Waals surface area contributed by atoms with Crippen molar-refractivity contribution in [3.63, 3.8) is 0 Å². The minimum absolute atomic E-state index is 0.0893. The summed E-state index contributed by atoms with van der Waals surface area (Å²) in [6.45, 7) is 1.53. The summed E-state index contributed by atoms with van der Waals surface area (Å²) < 4.78 is 0. The van der Waals surface area contributed by atoms with Gasteiger partial charge in [-0.05, 0) is 37.9 Å². The maximum atomic E-state index is 11.4. The van der Waals surface area contributed by atoms with Crippen molar-refractivity contribution in [2.24, 2.45) is 0 Å². The van der Waals surface area contributed by atoms with Crippen LogP contribution in [0.2, 0.25) is 0 Å². The Kier molecular flexibility index (Phi) is 5.55. The number of aliphatic carboxylic acids is 1. The summed E-state index contributed by atoms with van der Waals surface area (Å²) in [5.41, 5.74) is 0. The lowest BCUT2D eigenvalue weighted by Gasteiger charge is -2.04. The van der Waals surface area contributed by atoms with Gasteiger partial charge in [0.25, 0.3) is 0 Å². The van der Waals surface area contributed by atoms with Crippen molar-refractivity contribution in [2.75, 3.05) is 6.54 Å². The number of hydrogen-bond acceptors (Lipinski definition) is 4. The van der Waals surface area contributed by atoms with Crippen molar-refractivity contribution in [2.45, 2.75) is 44.7 Å². The first-order valence-electron chi connectivity index (χ1n) is 6.93. The van der Waals surface area contributed by atoms with Gasteiger partial charge in [0, 0.05) is 28.8 Å². The predicted molar refractivity (Wildman–Crippen MR) is 77.8 cm³/mol. The normalized spacial score (nSPS) is 14.2. The number of carbonyl (C=O) groups excluding carboxylic acids is 1. The summed E-state index contributed by atoms with van der Waals surface area (Å²) in [6.07, 6.45) is 3.73. The van der Waals surface area contributed by atoms with Gasteiger partial charge < -0.3 is 15.7 Å². The molecule has 5 nitrogen and oxygen atoms in total. The summed E-state index contributed by atoms with van der Waals surface area (Å²) in [4.78, 5) is 24.0. The van der Waals surface area contributed by atoms with E-state index in [0.717, 1.165) is 42.1 Å². The molecule has 0 aromatic carbocycles. The van der Waals surface area contributed by atoms with Gasteiger partial charge in [0.1, 0.15) is 0 Å². The van der Waals surface area contributed by atoms with Crippen LogP contribution in [-0.4, -0.2) is 29.6 Å². The van der Waals surface area contributed by atoms with E-state index in [1.54, 1.807) is 0 Å². The molecule has 0 atom stereocenters. The van der Waals surface area contributed by atoms with Crippen molar-refractivity contribution in [3.05, 3.63) is 21.9 Å². The van der Waals surface area contributed by atoms with E-state index < -0.39 is 5.97 Å². The van der Waals surface area contributed by atoms with Crippen LogP contribution in [0.5, 0.6) is 0 Å². The van der Waals surface area contributed by atoms with Crippen LogP contribution >= 0.6 is 11.3 Å². The summed E-state index contributed by atoms with van der Waals surface area (Å²) in [6, 6.07) is 4.25. The third-order valence-corrected chi connectivity index (χ3v) is 4.13. The monoisotopic (exact) mass is 296 g/mol. The Morgan fingerprint density at radius 1 is 1.30 bits per heavy atom. The molecule has 3 N–H and O–H groups in total. The second-order valence-electron chi connectivity index (χ2n) is 5.06. The van der Waals surface area contributed by atoms with Gasteiger partial charge in [-0.1, -0.05) is 0 Å². The molecule has 1 aromatic rings. The maximum absolute atomic E-state index is 11.4. The van der Waals surface area contributed by atoms with Gasteiger partial charge in [-0.3, -0.25) is 9.59 Å². The van der Waals surface area contributed by atoms with Crippen molar-refractivity contribution in [3.8, 4) is 0 Å². The zero-order valence-electron chi connectivity index (χ0n) is 11.4. The van der Waals surface area contributed by atoms with Crippen molar-refractivity contribution >= 4 is 23.2 Å². The first kappa shape index (κ1) is 15.0. The molecule has 20 heavy (non-hydrogen) atoms. The van der Waals surface area contributed by atoms with Gasteiger partial charge in [-0.25, -0.2) is 0 Å². The molecule has 0 aliphatic heterocycles. The SMILES string of the molecule is O=C(O)Cc1ccc(CNCCCC(=O)NC2CC2)s1. The highest BCUT2D eigenvalue weighted by atomic mass is 32.1. The molecule has 1 aliphatic carbocycles. The number of rotatable bonds is 9. The maximum Gasteiger partial charge on any atom is 0.308 e. The summed E-state index contributed by atoms with van der Waals surface area (Å²) >= 11 is 1.52. The molecule has 1 fully saturated rings. The van der Waals surface area contributed by atoms with Crippen LogP contribution in [0.1, 0.15) is 35.4 Å². The van der Waals surface area contributed by atoms with Crippen LogP contribution in [0.4, 0.5) is 0 Å². The summed E-state index contributed by atoms with van der Waals surface area (Å²) in [5, 5.41) is 14.9. The zero-order valence-corrected chi connectivity index (χ0v) is 12.2. The number of thiophene rings is 1. The Balaban J connectivity index is 1.54. The number of nitrogens with one attached hydrogen (secondary N) is 2.